The van der Waals surface area contributed by atoms with Crippen LogP contribution in [0, 0.1) is 0 Å². The lowest BCUT2D eigenvalue weighted by molar-refractivity contribution is 0.254. The molecule has 5 heteroatoms. The first-order valence-electron chi connectivity index (χ1n) is 6.46. The minimum absolute atomic E-state index is 0.200. The van der Waals surface area contributed by atoms with Crippen molar-refractivity contribution in [3.05, 3.63) is 17.8 Å². The molecule has 96 valence electrons. The van der Waals surface area contributed by atoms with E-state index in [0.29, 0.717) is 0 Å². The minimum atomic E-state index is 0.200. The molecule has 0 aromatic carbocycles. The largest absolute Gasteiger partial charge is 0.394 e. The van der Waals surface area contributed by atoms with Gasteiger partial charge in [-0.05, 0) is 24.3 Å². The molecule has 0 amide bonds. The van der Waals surface area contributed by atoms with Crippen LogP contribution in [0.25, 0.3) is 10.2 Å². The minimum Gasteiger partial charge on any atom is -0.394 e. The average Bonchev–Trinajstić information content (AvgIpc) is 2.76. The van der Waals surface area contributed by atoms with Crippen LogP contribution in [-0.4, -0.2) is 34.3 Å². The Kier molecular flexibility index (Phi) is 3.43. The van der Waals surface area contributed by atoms with Crippen molar-refractivity contribution >= 4 is 27.4 Å². The van der Waals surface area contributed by atoms with Crippen LogP contribution in [0.15, 0.2) is 17.8 Å². The molecular weight excluding hydrogens is 246 g/mol. The van der Waals surface area contributed by atoms with Crippen molar-refractivity contribution in [3.8, 4) is 0 Å². The van der Waals surface area contributed by atoms with Gasteiger partial charge in [0, 0.05) is 6.54 Å². The van der Waals surface area contributed by atoms with Gasteiger partial charge in [-0.15, -0.1) is 11.3 Å². The fraction of sp³-hybridized carbons (Fsp3) is 0.538. The SMILES string of the molecule is OCC1CCCCCN1c1ncnc2sccc12. The summed E-state index contributed by atoms with van der Waals surface area (Å²) in [6.07, 6.45) is 6.29. The first kappa shape index (κ1) is 11.9. The topological polar surface area (TPSA) is 49.2 Å². The van der Waals surface area contributed by atoms with Gasteiger partial charge in [0.05, 0.1) is 18.0 Å². The molecule has 1 unspecified atom stereocenters. The second-order valence-electron chi connectivity index (χ2n) is 4.72. The molecule has 1 atom stereocenters. The lowest BCUT2D eigenvalue weighted by atomic mass is 10.1. The molecule has 0 bridgehead atoms. The van der Waals surface area contributed by atoms with Gasteiger partial charge in [0.1, 0.15) is 17.0 Å². The number of hydrogen-bond acceptors (Lipinski definition) is 5. The lowest BCUT2D eigenvalue weighted by Gasteiger charge is -2.30. The quantitative estimate of drug-likeness (QED) is 0.904. The maximum absolute atomic E-state index is 9.59. The van der Waals surface area contributed by atoms with E-state index in [-0.39, 0.29) is 12.6 Å². The van der Waals surface area contributed by atoms with Crippen molar-refractivity contribution in [1.29, 1.82) is 0 Å². The molecule has 3 rings (SSSR count). The Morgan fingerprint density at radius 1 is 1.33 bits per heavy atom. The van der Waals surface area contributed by atoms with Crippen molar-refractivity contribution in [2.24, 2.45) is 0 Å². The summed E-state index contributed by atoms with van der Waals surface area (Å²) < 4.78 is 0. The fourth-order valence-corrected chi connectivity index (χ4v) is 3.38. The number of rotatable bonds is 2. The van der Waals surface area contributed by atoms with E-state index >= 15 is 0 Å². The molecular formula is C13H17N3OS. The summed E-state index contributed by atoms with van der Waals surface area (Å²) in [5.41, 5.74) is 0. The van der Waals surface area contributed by atoms with E-state index in [2.05, 4.69) is 26.3 Å². The molecule has 3 heterocycles. The van der Waals surface area contributed by atoms with Crippen LogP contribution >= 0.6 is 11.3 Å². The molecule has 0 aliphatic carbocycles. The Balaban J connectivity index is 2.02. The molecule has 0 radical (unpaired) electrons. The molecule has 4 nitrogen and oxygen atoms in total. The lowest BCUT2D eigenvalue weighted by Crippen LogP contribution is -2.38. The van der Waals surface area contributed by atoms with Crippen molar-refractivity contribution in [2.75, 3.05) is 18.1 Å². The van der Waals surface area contributed by atoms with Gasteiger partial charge >= 0.3 is 0 Å². The molecule has 1 aliphatic rings. The Hall–Kier alpha value is -1.20. The molecule has 18 heavy (non-hydrogen) atoms. The van der Waals surface area contributed by atoms with Gasteiger partial charge < -0.3 is 10.0 Å². The van der Waals surface area contributed by atoms with Gasteiger partial charge in [-0.2, -0.15) is 0 Å². The Morgan fingerprint density at radius 2 is 2.28 bits per heavy atom. The highest BCUT2D eigenvalue weighted by molar-refractivity contribution is 7.16. The third kappa shape index (κ3) is 2.08. The highest BCUT2D eigenvalue weighted by Crippen LogP contribution is 2.30. The number of aliphatic hydroxyl groups excluding tert-OH is 1. The number of anilines is 1. The van der Waals surface area contributed by atoms with Gasteiger partial charge in [0.15, 0.2) is 0 Å². The average molecular weight is 263 g/mol. The summed E-state index contributed by atoms with van der Waals surface area (Å²) in [7, 11) is 0. The second kappa shape index (κ2) is 5.20. The fourth-order valence-electron chi connectivity index (χ4n) is 2.65. The van der Waals surface area contributed by atoms with Crippen molar-refractivity contribution in [2.45, 2.75) is 31.7 Å². The highest BCUT2D eigenvalue weighted by atomic mass is 32.1. The van der Waals surface area contributed by atoms with Crippen LogP contribution in [0.2, 0.25) is 0 Å². The molecule has 0 saturated carbocycles. The van der Waals surface area contributed by atoms with E-state index in [4.69, 9.17) is 0 Å². The summed E-state index contributed by atoms with van der Waals surface area (Å²) in [4.78, 5) is 12.0. The highest BCUT2D eigenvalue weighted by Gasteiger charge is 2.23. The molecule has 1 N–H and O–H groups in total. The van der Waals surface area contributed by atoms with Crippen LogP contribution in [0.3, 0.4) is 0 Å². The zero-order valence-corrected chi connectivity index (χ0v) is 11.1. The van der Waals surface area contributed by atoms with E-state index in [9.17, 15) is 5.11 Å². The molecule has 2 aromatic rings. The molecule has 1 saturated heterocycles. The van der Waals surface area contributed by atoms with Gasteiger partial charge in [-0.25, -0.2) is 9.97 Å². The Bertz CT molecular complexity index is 528. The maximum Gasteiger partial charge on any atom is 0.141 e. The van der Waals surface area contributed by atoms with Crippen LogP contribution in [0.1, 0.15) is 25.7 Å². The monoisotopic (exact) mass is 263 g/mol. The van der Waals surface area contributed by atoms with E-state index in [1.54, 1.807) is 17.7 Å². The smallest absolute Gasteiger partial charge is 0.141 e. The van der Waals surface area contributed by atoms with Crippen LogP contribution < -0.4 is 4.90 Å². The first-order chi connectivity index (χ1) is 8.90. The van der Waals surface area contributed by atoms with Crippen molar-refractivity contribution in [3.63, 3.8) is 0 Å². The number of hydrogen-bond donors (Lipinski definition) is 1. The molecule has 0 spiro atoms. The van der Waals surface area contributed by atoms with Gasteiger partial charge in [0.2, 0.25) is 0 Å². The maximum atomic E-state index is 9.59. The first-order valence-corrected chi connectivity index (χ1v) is 7.34. The Labute approximate surface area is 110 Å². The summed E-state index contributed by atoms with van der Waals surface area (Å²) >= 11 is 1.64. The summed E-state index contributed by atoms with van der Waals surface area (Å²) in [5, 5.41) is 12.8. The van der Waals surface area contributed by atoms with Gasteiger partial charge in [-0.1, -0.05) is 12.8 Å². The van der Waals surface area contributed by atoms with Crippen molar-refractivity contribution < 1.29 is 5.11 Å². The number of nitrogens with zero attached hydrogens (tertiary/aromatic N) is 3. The number of aromatic nitrogens is 2. The van der Waals surface area contributed by atoms with Gasteiger partial charge in [-0.3, -0.25) is 0 Å². The van der Waals surface area contributed by atoms with E-state index in [1.807, 2.05) is 0 Å². The van der Waals surface area contributed by atoms with Crippen LogP contribution in [-0.2, 0) is 0 Å². The predicted molar refractivity (Wildman–Crippen MR) is 74.1 cm³/mol. The normalized spacial score (nSPS) is 21.2. The zero-order chi connectivity index (χ0) is 12.4. The van der Waals surface area contributed by atoms with E-state index < -0.39 is 0 Å². The van der Waals surface area contributed by atoms with Crippen LogP contribution in [0.5, 0.6) is 0 Å². The van der Waals surface area contributed by atoms with Crippen LogP contribution in [0.4, 0.5) is 5.82 Å². The third-order valence-corrected chi connectivity index (χ3v) is 4.42. The molecule has 1 aliphatic heterocycles. The molecule has 1 fully saturated rings. The summed E-state index contributed by atoms with van der Waals surface area (Å²) in [5.74, 6) is 0.988. The zero-order valence-electron chi connectivity index (χ0n) is 10.2. The van der Waals surface area contributed by atoms with E-state index in [0.717, 1.165) is 29.0 Å². The Morgan fingerprint density at radius 3 is 3.17 bits per heavy atom. The standard InChI is InChI=1S/C13H17N3OS/c17-8-10-4-2-1-3-6-16(10)12-11-5-7-18-13(11)15-9-14-12/h5,7,9-10,17H,1-4,6,8H2. The molecule has 2 aromatic heterocycles. The summed E-state index contributed by atoms with van der Waals surface area (Å²) in [6, 6.07) is 2.28. The number of aliphatic hydroxyl groups is 1. The van der Waals surface area contributed by atoms with Gasteiger partial charge in [0.25, 0.3) is 0 Å². The second-order valence-corrected chi connectivity index (χ2v) is 5.61. The number of thiophene rings is 1. The van der Waals surface area contributed by atoms with E-state index in [1.165, 1.54) is 19.3 Å². The third-order valence-electron chi connectivity index (χ3n) is 3.60. The number of fused-ring (bicyclic) bond motifs is 1. The predicted octanol–water partition coefficient (Wildman–Crippen LogP) is 2.43. The van der Waals surface area contributed by atoms with Crippen molar-refractivity contribution in [1.82, 2.24) is 9.97 Å². The summed E-state index contributed by atoms with van der Waals surface area (Å²) in [6.45, 7) is 1.18.